The molecule has 9 heteroatoms. The number of aromatic hydroxyl groups is 3. The number of rotatable bonds is 9. The maximum atomic E-state index is 13.7. The number of carbonyl (C=O) groups excluding carboxylic acids is 1. The summed E-state index contributed by atoms with van der Waals surface area (Å²) in [5.74, 6) is -1.19. The van der Waals surface area contributed by atoms with Crippen LogP contribution in [0.25, 0.3) is 0 Å². The van der Waals surface area contributed by atoms with Crippen LogP contribution in [0.5, 0.6) is 28.7 Å². The third kappa shape index (κ3) is 5.51. The summed E-state index contributed by atoms with van der Waals surface area (Å²) in [5.41, 5.74) is 1.34. The second kappa shape index (κ2) is 10.9. The molecule has 0 amide bonds. The molecular formula is C26H29NO8. The topological polar surface area (TPSA) is 127 Å². The van der Waals surface area contributed by atoms with Gasteiger partial charge in [0.1, 0.15) is 17.2 Å². The van der Waals surface area contributed by atoms with Crippen molar-refractivity contribution < 1.29 is 34.3 Å². The number of phenols is 2. The maximum absolute atomic E-state index is 13.7. The zero-order chi connectivity index (χ0) is 25.7. The van der Waals surface area contributed by atoms with Gasteiger partial charge in [0.15, 0.2) is 11.5 Å². The average Bonchev–Trinajstić information content (AvgIpc) is 2.84. The van der Waals surface area contributed by atoms with Crippen molar-refractivity contribution in [2.75, 3.05) is 21.3 Å². The van der Waals surface area contributed by atoms with Crippen molar-refractivity contribution in [3.63, 3.8) is 0 Å². The molecule has 0 bridgehead atoms. The van der Waals surface area contributed by atoms with Crippen molar-refractivity contribution in [1.82, 2.24) is 4.57 Å². The summed E-state index contributed by atoms with van der Waals surface area (Å²) in [5, 5.41) is 30.1. The molecule has 0 aliphatic rings. The molecule has 9 nitrogen and oxygen atoms in total. The second-order valence-corrected chi connectivity index (χ2v) is 8.06. The van der Waals surface area contributed by atoms with Crippen molar-refractivity contribution in [1.29, 1.82) is 0 Å². The van der Waals surface area contributed by atoms with Crippen molar-refractivity contribution in [3.05, 3.63) is 75.2 Å². The molecule has 0 fully saturated rings. The van der Waals surface area contributed by atoms with E-state index in [1.165, 1.54) is 44.1 Å². The summed E-state index contributed by atoms with van der Waals surface area (Å²) in [4.78, 5) is 26.0. The van der Waals surface area contributed by atoms with Gasteiger partial charge in [-0.3, -0.25) is 9.59 Å². The Kier molecular flexibility index (Phi) is 7.91. The summed E-state index contributed by atoms with van der Waals surface area (Å²) in [6.07, 6.45) is 0.184. The van der Waals surface area contributed by atoms with Gasteiger partial charge in [-0.05, 0) is 43.2 Å². The number of hydrogen-bond acceptors (Lipinski definition) is 8. The van der Waals surface area contributed by atoms with E-state index in [4.69, 9.17) is 14.2 Å². The highest BCUT2D eigenvalue weighted by atomic mass is 16.5. The SMILES string of the molecule is COC(=O)CC(c1ccc(OC)cc1OC)c1c(O)cc(C)n(CCc2ccc(O)c(O)c2)c1=O. The third-order valence-electron chi connectivity index (χ3n) is 5.95. The maximum Gasteiger partial charge on any atom is 0.306 e. The summed E-state index contributed by atoms with van der Waals surface area (Å²) in [7, 11) is 4.23. The highest BCUT2D eigenvalue weighted by Crippen LogP contribution is 2.39. The Morgan fingerprint density at radius 3 is 2.31 bits per heavy atom. The van der Waals surface area contributed by atoms with E-state index in [0.29, 0.717) is 34.7 Å². The van der Waals surface area contributed by atoms with Crippen LogP contribution in [0.1, 0.15) is 34.7 Å². The zero-order valence-corrected chi connectivity index (χ0v) is 20.1. The van der Waals surface area contributed by atoms with Crippen LogP contribution < -0.4 is 15.0 Å². The van der Waals surface area contributed by atoms with Gasteiger partial charge < -0.3 is 34.1 Å². The molecule has 3 rings (SSSR count). The molecule has 1 unspecified atom stereocenters. The first-order valence-electron chi connectivity index (χ1n) is 10.9. The Balaban J connectivity index is 2.10. The van der Waals surface area contributed by atoms with Crippen molar-refractivity contribution in [2.24, 2.45) is 0 Å². The predicted molar refractivity (Wildman–Crippen MR) is 129 cm³/mol. The van der Waals surface area contributed by atoms with Crippen LogP contribution in [0, 0.1) is 6.92 Å². The molecular weight excluding hydrogens is 454 g/mol. The van der Waals surface area contributed by atoms with Gasteiger partial charge in [-0.2, -0.15) is 0 Å². The number of hydrogen-bond donors (Lipinski definition) is 3. The van der Waals surface area contributed by atoms with Crippen molar-refractivity contribution in [3.8, 4) is 28.7 Å². The van der Waals surface area contributed by atoms with E-state index in [2.05, 4.69) is 0 Å². The number of carbonyl (C=O) groups is 1. The molecule has 0 saturated carbocycles. The molecule has 1 aromatic heterocycles. The van der Waals surface area contributed by atoms with Crippen LogP contribution >= 0.6 is 0 Å². The number of aryl methyl sites for hydroxylation is 2. The molecule has 1 heterocycles. The van der Waals surface area contributed by atoms with E-state index in [0.717, 1.165) is 0 Å². The van der Waals surface area contributed by atoms with Gasteiger partial charge >= 0.3 is 5.97 Å². The molecule has 2 aromatic carbocycles. The minimum atomic E-state index is -0.847. The van der Waals surface area contributed by atoms with Crippen LogP contribution in [-0.2, 0) is 22.5 Å². The highest BCUT2D eigenvalue weighted by molar-refractivity contribution is 5.72. The fourth-order valence-corrected chi connectivity index (χ4v) is 4.06. The molecule has 1 atom stereocenters. The first-order chi connectivity index (χ1) is 16.7. The number of benzene rings is 2. The predicted octanol–water partition coefficient (Wildman–Crippen LogP) is 3.23. The Bertz CT molecular complexity index is 1280. The lowest BCUT2D eigenvalue weighted by atomic mass is 9.87. The molecule has 186 valence electrons. The van der Waals surface area contributed by atoms with E-state index in [1.54, 1.807) is 31.2 Å². The summed E-state index contributed by atoms with van der Waals surface area (Å²) >= 11 is 0. The number of nitrogens with zero attached hydrogens (tertiary/aromatic N) is 1. The second-order valence-electron chi connectivity index (χ2n) is 8.06. The van der Waals surface area contributed by atoms with Crippen LogP contribution in [0.3, 0.4) is 0 Å². The first kappa shape index (κ1) is 25.5. The highest BCUT2D eigenvalue weighted by Gasteiger charge is 2.29. The van der Waals surface area contributed by atoms with Crippen molar-refractivity contribution in [2.45, 2.75) is 32.2 Å². The molecule has 35 heavy (non-hydrogen) atoms. The average molecular weight is 484 g/mol. The van der Waals surface area contributed by atoms with E-state index in [9.17, 15) is 24.9 Å². The molecule has 0 aliphatic heterocycles. The van der Waals surface area contributed by atoms with E-state index in [-0.39, 0.29) is 35.8 Å². The lowest BCUT2D eigenvalue weighted by Gasteiger charge is -2.22. The number of esters is 1. The number of phenolic OH excluding ortho intramolecular Hbond substituents is 2. The molecule has 3 N–H and O–H groups in total. The van der Waals surface area contributed by atoms with Crippen LogP contribution in [0.15, 0.2) is 47.3 Å². The summed E-state index contributed by atoms with van der Waals surface area (Å²) < 4.78 is 17.1. The monoisotopic (exact) mass is 483 g/mol. The van der Waals surface area contributed by atoms with Gasteiger partial charge in [0, 0.05) is 29.8 Å². The van der Waals surface area contributed by atoms with Crippen molar-refractivity contribution >= 4 is 5.97 Å². The molecule has 0 spiro atoms. The smallest absolute Gasteiger partial charge is 0.306 e. The number of methoxy groups -OCH3 is 3. The minimum absolute atomic E-state index is 0.0398. The fourth-order valence-electron chi connectivity index (χ4n) is 4.06. The van der Waals surface area contributed by atoms with Gasteiger partial charge in [0.05, 0.1) is 33.3 Å². The summed E-state index contributed by atoms with van der Waals surface area (Å²) in [6, 6.07) is 11.0. The lowest BCUT2D eigenvalue weighted by Crippen LogP contribution is -2.29. The normalized spacial score (nSPS) is 11.7. The Labute approximate surface area is 202 Å². The fraction of sp³-hybridized carbons (Fsp3) is 0.308. The van der Waals surface area contributed by atoms with Gasteiger partial charge in [-0.25, -0.2) is 0 Å². The van der Waals surface area contributed by atoms with Crippen LogP contribution in [0.2, 0.25) is 0 Å². The molecule has 0 saturated heterocycles. The largest absolute Gasteiger partial charge is 0.507 e. The van der Waals surface area contributed by atoms with E-state index < -0.39 is 17.4 Å². The van der Waals surface area contributed by atoms with Gasteiger partial charge in [0.2, 0.25) is 0 Å². The quantitative estimate of drug-likeness (QED) is 0.313. The van der Waals surface area contributed by atoms with Crippen LogP contribution in [-0.4, -0.2) is 47.2 Å². The number of aromatic nitrogens is 1. The van der Waals surface area contributed by atoms with Gasteiger partial charge in [-0.1, -0.05) is 12.1 Å². The number of pyridine rings is 1. The van der Waals surface area contributed by atoms with Gasteiger partial charge in [-0.15, -0.1) is 0 Å². The summed E-state index contributed by atoms with van der Waals surface area (Å²) in [6.45, 7) is 1.94. The van der Waals surface area contributed by atoms with E-state index >= 15 is 0 Å². The number of ether oxygens (including phenoxy) is 3. The standard InChI is InChI=1S/C26H29NO8/c1-15-11-22(30)25(26(32)27(15)10-9-16-5-8-20(28)21(29)12-16)19(14-24(31)35-4)18-7-6-17(33-2)13-23(18)34-3/h5-8,11-13,19,28-30H,9-10,14H2,1-4H3. The Morgan fingerprint density at radius 2 is 1.69 bits per heavy atom. The first-order valence-corrected chi connectivity index (χ1v) is 10.9. The minimum Gasteiger partial charge on any atom is -0.507 e. The van der Waals surface area contributed by atoms with E-state index in [1.807, 2.05) is 0 Å². The lowest BCUT2D eigenvalue weighted by molar-refractivity contribution is -0.140. The molecule has 0 radical (unpaired) electrons. The molecule has 0 aliphatic carbocycles. The Hall–Kier alpha value is -4.14. The third-order valence-corrected chi connectivity index (χ3v) is 5.95. The zero-order valence-electron chi connectivity index (χ0n) is 20.1. The van der Waals surface area contributed by atoms with Gasteiger partial charge in [0.25, 0.3) is 5.56 Å². The Morgan fingerprint density at radius 1 is 0.943 bits per heavy atom. The van der Waals surface area contributed by atoms with Crippen LogP contribution in [0.4, 0.5) is 0 Å². The molecule has 3 aromatic rings.